The fraction of sp³-hybridized carbons (Fsp3) is 0.850. The van der Waals surface area contributed by atoms with Crippen LogP contribution in [-0.4, -0.2) is 47.3 Å². The first-order valence-electron chi connectivity index (χ1n) is 9.93. The van der Waals surface area contributed by atoms with Crippen molar-refractivity contribution in [2.24, 2.45) is 23.7 Å². The van der Waals surface area contributed by atoms with Gasteiger partial charge in [0.1, 0.15) is 0 Å². The summed E-state index contributed by atoms with van der Waals surface area (Å²) in [6.07, 6.45) is 8.88. The van der Waals surface area contributed by atoms with E-state index in [-0.39, 0.29) is 23.3 Å². The van der Waals surface area contributed by atoms with Crippen LogP contribution in [0, 0.1) is 35.0 Å². The summed E-state index contributed by atoms with van der Waals surface area (Å²) >= 11 is 0. The zero-order chi connectivity index (χ0) is 17.6. The van der Waals surface area contributed by atoms with E-state index >= 15 is 0 Å². The molecule has 25 heavy (non-hydrogen) atoms. The van der Waals surface area contributed by atoms with E-state index in [1.54, 1.807) is 4.90 Å². The number of hydrogen-bond acceptors (Lipinski definition) is 3. The molecule has 0 N–H and O–H groups in total. The lowest BCUT2D eigenvalue weighted by atomic mass is 9.52. The van der Waals surface area contributed by atoms with Gasteiger partial charge in [-0.3, -0.25) is 9.59 Å². The number of amides is 2. The van der Waals surface area contributed by atoms with E-state index in [2.05, 4.69) is 11.0 Å². The highest BCUT2D eigenvalue weighted by Gasteiger charge is 2.55. The minimum Gasteiger partial charge on any atom is -0.346 e. The number of piperidine rings is 1. The van der Waals surface area contributed by atoms with Gasteiger partial charge in [0.15, 0.2) is 0 Å². The van der Waals surface area contributed by atoms with Crippen LogP contribution in [0.1, 0.15) is 57.8 Å². The van der Waals surface area contributed by atoms with Crippen LogP contribution in [-0.2, 0) is 9.59 Å². The van der Waals surface area contributed by atoms with E-state index in [9.17, 15) is 9.59 Å². The van der Waals surface area contributed by atoms with E-state index in [4.69, 9.17) is 5.26 Å². The van der Waals surface area contributed by atoms with Gasteiger partial charge in [0.25, 0.3) is 0 Å². The summed E-state index contributed by atoms with van der Waals surface area (Å²) < 4.78 is 0. The molecule has 1 heterocycles. The second kappa shape index (κ2) is 6.30. The highest BCUT2D eigenvalue weighted by molar-refractivity contribution is 5.87. The normalized spacial score (nSPS) is 39.4. The van der Waals surface area contributed by atoms with Gasteiger partial charge < -0.3 is 9.80 Å². The van der Waals surface area contributed by atoms with Gasteiger partial charge in [-0.15, -0.1) is 0 Å². The molecular weight excluding hydrogens is 314 g/mol. The Labute approximate surface area is 150 Å². The molecule has 5 aliphatic rings. The molecule has 0 unspecified atom stereocenters. The maximum atomic E-state index is 13.4. The van der Waals surface area contributed by atoms with E-state index in [1.165, 1.54) is 19.3 Å². The van der Waals surface area contributed by atoms with Crippen LogP contribution in [0.4, 0.5) is 0 Å². The summed E-state index contributed by atoms with van der Waals surface area (Å²) in [4.78, 5) is 29.3. The number of nitriles is 1. The van der Waals surface area contributed by atoms with Crippen molar-refractivity contribution < 1.29 is 9.59 Å². The summed E-state index contributed by atoms with van der Waals surface area (Å²) in [5.41, 5.74) is -0.0188. The Bertz CT molecular complexity index is 573. The Morgan fingerprint density at radius 1 is 1.24 bits per heavy atom. The molecule has 5 heteroatoms. The third kappa shape index (κ3) is 2.94. The zero-order valence-corrected chi connectivity index (χ0v) is 15.2. The van der Waals surface area contributed by atoms with Gasteiger partial charge in [0.05, 0.1) is 12.5 Å². The fourth-order valence-corrected chi connectivity index (χ4v) is 6.51. The van der Waals surface area contributed by atoms with Gasteiger partial charge in [-0.25, -0.2) is 0 Å². The number of rotatable bonds is 4. The molecule has 136 valence electrons. The molecule has 4 saturated carbocycles. The van der Waals surface area contributed by atoms with Gasteiger partial charge in [0, 0.05) is 38.0 Å². The molecule has 5 nitrogen and oxygen atoms in total. The van der Waals surface area contributed by atoms with Crippen LogP contribution in [0.3, 0.4) is 0 Å². The van der Waals surface area contributed by atoms with Crippen molar-refractivity contribution in [2.45, 2.75) is 63.3 Å². The highest BCUT2D eigenvalue weighted by atomic mass is 16.2. The molecule has 1 aliphatic heterocycles. The van der Waals surface area contributed by atoms with Crippen molar-refractivity contribution in [3.8, 4) is 6.07 Å². The Morgan fingerprint density at radius 2 is 1.84 bits per heavy atom. The second-order valence-electron chi connectivity index (χ2n) is 9.04. The number of nitrogens with zero attached hydrogens (tertiary/aromatic N) is 3. The molecule has 0 aromatic carbocycles. The molecule has 0 aromatic rings. The molecular formula is C20H29N3O2. The molecule has 0 aromatic heterocycles. The van der Waals surface area contributed by atoms with Crippen molar-refractivity contribution in [1.82, 2.24) is 9.80 Å². The largest absolute Gasteiger partial charge is 0.346 e. The Balaban J connectivity index is 1.57. The topological polar surface area (TPSA) is 64.4 Å². The summed E-state index contributed by atoms with van der Waals surface area (Å²) in [7, 11) is 1.82. The van der Waals surface area contributed by atoms with E-state index in [0.29, 0.717) is 25.9 Å². The van der Waals surface area contributed by atoms with Crippen molar-refractivity contribution in [3.63, 3.8) is 0 Å². The zero-order valence-electron chi connectivity index (χ0n) is 15.2. The maximum absolute atomic E-state index is 13.4. The van der Waals surface area contributed by atoms with Crippen LogP contribution < -0.4 is 0 Å². The minimum absolute atomic E-state index is 0.0188. The van der Waals surface area contributed by atoms with Crippen LogP contribution >= 0.6 is 0 Å². The summed E-state index contributed by atoms with van der Waals surface area (Å²) in [6, 6.07) is 2.23. The minimum atomic E-state index is -0.185. The smallest absolute Gasteiger partial charge is 0.226 e. The SMILES string of the molecule is CN1CC[C@H](C(=O)N(CCC#N)C23CC4CC(CC(C4)C2)C3)CC1=O. The summed E-state index contributed by atoms with van der Waals surface area (Å²) in [6.45, 7) is 1.21. The van der Waals surface area contributed by atoms with Crippen LogP contribution in [0.15, 0.2) is 0 Å². The predicted octanol–water partition coefficient (Wildman–Crippen LogP) is 2.57. The monoisotopic (exact) mass is 343 g/mol. The molecule has 0 radical (unpaired) electrons. The standard InChI is InChI=1S/C20H29N3O2/c1-22-6-3-17(10-18(22)24)19(25)23(5-2-4-21)20-11-14-7-15(12-20)9-16(8-14)13-20/h14-17H,2-3,5-13H2,1H3/t14?,15?,16?,17-,20?/m0/s1. The van der Waals surface area contributed by atoms with Crippen LogP contribution in [0.5, 0.6) is 0 Å². The first kappa shape index (κ1) is 16.9. The molecule has 2 amide bonds. The number of likely N-dealkylation sites (tertiary alicyclic amines) is 1. The summed E-state index contributed by atoms with van der Waals surface area (Å²) in [5.74, 6) is 2.35. The second-order valence-corrected chi connectivity index (χ2v) is 9.04. The average molecular weight is 343 g/mol. The Hall–Kier alpha value is -1.57. The lowest BCUT2D eigenvalue weighted by molar-refractivity contribution is -0.159. The van der Waals surface area contributed by atoms with Crippen LogP contribution in [0.2, 0.25) is 0 Å². The van der Waals surface area contributed by atoms with E-state index < -0.39 is 0 Å². The number of hydrogen-bond donors (Lipinski definition) is 0. The quantitative estimate of drug-likeness (QED) is 0.788. The van der Waals surface area contributed by atoms with Crippen molar-refractivity contribution in [2.75, 3.05) is 20.1 Å². The van der Waals surface area contributed by atoms with Crippen molar-refractivity contribution in [1.29, 1.82) is 5.26 Å². The molecule has 4 aliphatic carbocycles. The number of carbonyl (C=O) groups excluding carboxylic acids is 2. The van der Waals surface area contributed by atoms with Crippen molar-refractivity contribution >= 4 is 11.8 Å². The molecule has 1 atom stereocenters. The predicted molar refractivity (Wildman–Crippen MR) is 93.2 cm³/mol. The van der Waals surface area contributed by atoms with E-state index in [1.807, 2.05) is 7.05 Å². The molecule has 5 fully saturated rings. The van der Waals surface area contributed by atoms with Gasteiger partial charge in [-0.2, -0.15) is 5.26 Å². The van der Waals surface area contributed by atoms with Crippen LogP contribution in [0.25, 0.3) is 0 Å². The Kier molecular flexibility index (Phi) is 4.25. The molecule has 0 spiro atoms. The van der Waals surface area contributed by atoms with Gasteiger partial charge in [0.2, 0.25) is 11.8 Å². The molecule has 1 saturated heterocycles. The highest BCUT2D eigenvalue weighted by Crippen LogP contribution is 2.58. The van der Waals surface area contributed by atoms with Crippen molar-refractivity contribution in [3.05, 3.63) is 0 Å². The maximum Gasteiger partial charge on any atom is 0.226 e. The third-order valence-corrected chi connectivity index (χ3v) is 7.30. The summed E-state index contributed by atoms with van der Waals surface area (Å²) in [5, 5.41) is 9.12. The Morgan fingerprint density at radius 3 is 2.36 bits per heavy atom. The average Bonchev–Trinajstić information content (AvgIpc) is 2.56. The number of carbonyl (C=O) groups is 2. The van der Waals surface area contributed by atoms with E-state index in [0.717, 1.165) is 43.4 Å². The lowest BCUT2D eigenvalue weighted by Crippen LogP contribution is -2.63. The lowest BCUT2D eigenvalue weighted by Gasteiger charge is -2.61. The first-order chi connectivity index (χ1) is 12.0. The third-order valence-electron chi connectivity index (χ3n) is 7.30. The molecule has 4 bridgehead atoms. The van der Waals surface area contributed by atoms with Gasteiger partial charge in [-0.05, 0) is 62.7 Å². The first-order valence-corrected chi connectivity index (χ1v) is 9.93. The fourth-order valence-electron chi connectivity index (χ4n) is 6.51. The van der Waals surface area contributed by atoms with Gasteiger partial charge >= 0.3 is 0 Å². The molecule has 5 rings (SSSR count). The van der Waals surface area contributed by atoms with Gasteiger partial charge in [-0.1, -0.05) is 0 Å².